The molecule has 0 bridgehead atoms. The van der Waals surface area contributed by atoms with Crippen molar-refractivity contribution < 1.29 is 14.6 Å². The van der Waals surface area contributed by atoms with E-state index in [9.17, 15) is 5.11 Å². The second kappa shape index (κ2) is 12.5. The smallest absolute Gasteiger partial charge is 0.194 e. The molecule has 2 aliphatic rings. The van der Waals surface area contributed by atoms with Crippen LogP contribution in [-0.4, -0.2) is 86.1 Å². The van der Waals surface area contributed by atoms with E-state index < -0.39 is 0 Å². The Hall–Kier alpha value is -1.10. The lowest BCUT2D eigenvalue weighted by molar-refractivity contribution is 0.0322. The molecular weight excluding hydrogens is 471 g/mol. The molecule has 2 N–H and O–H groups in total. The number of likely N-dealkylation sites (tertiary alicyclic amines) is 1. The summed E-state index contributed by atoms with van der Waals surface area (Å²) in [6, 6.07) is 8.10. The lowest BCUT2D eigenvalue weighted by atomic mass is 10.2. The van der Waals surface area contributed by atoms with Crippen LogP contribution in [0.4, 0.5) is 0 Å². The van der Waals surface area contributed by atoms with Crippen molar-refractivity contribution in [1.82, 2.24) is 15.1 Å². The summed E-state index contributed by atoms with van der Waals surface area (Å²) < 4.78 is 11.4. The highest BCUT2D eigenvalue weighted by Gasteiger charge is 2.22. The van der Waals surface area contributed by atoms with Gasteiger partial charge in [0.05, 0.1) is 25.9 Å². The average molecular weight is 504 g/mol. The number of hydrogen-bond acceptors (Lipinski definition) is 5. The van der Waals surface area contributed by atoms with Gasteiger partial charge in [0.2, 0.25) is 0 Å². The largest absolute Gasteiger partial charge is 0.492 e. The Kier molecular flexibility index (Phi) is 10.3. The summed E-state index contributed by atoms with van der Waals surface area (Å²) in [7, 11) is 0. The second-order valence-corrected chi connectivity index (χ2v) is 6.97. The summed E-state index contributed by atoms with van der Waals surface area (Å²) >= 11 is 0. The van der Waals surface area contributed by atoms with Crippen LogP contribution in [0.3, 0.4) is 0 Å². The topological polar surface area (TPSA) is 69.6 Å². The number of morpholine rings is 1. The SMILES string of the molecule is CCNC(=NCc1ccccc1OCCN1CCOCC1)N1CC[C@@H](O)C1.I. The van der Waals surface area contributed by atoms with Gasteiger partial charge in [-0.1, -0.05) is 18.2 Å². The number of para-hydroxylation sites is 1. The minimum atomic E-state index is -0.260. The summed E-state index contributed by atoms with van der Waals surface area (Å²) in [6.07, 6.45) is 0.538. The monoisotopic (exact) mass is 504 g/mol. The predicted octanol–water partition coefficient (Wildman–Crippen LogP) is 1.55. The van der Waals surface area contributed by atoms with Crippen LogP contribution in [0.15, 0.2) is 29.3 Å². The third kappa shape index (κ3) is 7.06. The third-order valence-electron chi connectivity index (χ3n) is 4.94. The van der Waals surface area contributed by atoms with Gasteiger partial charge in [-0.2, -0.15) is 0 Å². The average Bonchev–Trinajstić information content (AvgIpc) is 3.13. The molecule has 3 rings (SSSR count). The molecule has 0 saturated carbocycles. The van der Waals surface area contributed by atoms with Crippen molar-refractivity contribution in [1.29, 1.82) is 0 Å². The molecule has 0 radical (unpaired) electrons. The fraction of sp³-hybridized carbons (Fsp3) is 0.650. The predicted molar refractivity (Wildman–Crippen MR) is 122 cm³/mol. The Morgan fingerprint density at radius 2 is 2.07 bits per heavy atom. The summed E-state index contributed by atoms with van der Waals surface area (Å²) in [4.78, 5) is 9.26. The van der Waals surface area contributed by atoms with Crippen molar-refractivity contribution >= 4 is 29.9 Å². The molecule has 1 aromatic carbocycles. The van der Waals surface area contributed by atoms with Gasteiger partial charge in [-0.05, 0) is 19.4 Å². The lowest BCUT2D eigenvalue weighted by Crippen LogP contribution is -2.40. The molecule has 0 unspecified atom stereocenters. The van der Waals surface area contributed by atoms with E-state index in [1.165, 1.54) is 0 Å². The van der Waals surface area contributed by atoms with E-state index in [0.29, 0.717) is 19.7 Å². The molecule has 0 aliphatic carbocycles. The van der Waals surface area contributed by atoms with Crippen LogP contribution in [0.2, 0.25) is 0 Å². The highest BCUT2D eigenvalue weighted by Crippen LogP contribution is 2.19. The van der Waals surface area contributed by atoms with Gasteiger partial charge in [-0.15, -0.1) is 24.0 Å². The molecular formula is C20H33IN4O3. The van der Waals surface area contributed by atoms with E-state index in [2.05, 4.69) is 28.1 Å². The molecule has 0 spiro atoms. The number of halogens is 1. The van der Waals surface area contributed by atoms with Gasteiger partial charge >= 0.3 is 0 Å². The molecule has 0 aromatic heterocycles. The van der Waals surface area contributed by atoms with Gasteiger partial charge in [0, 0.05) is 44.8 Å². The van der Waals surface area contributed by atoms with Crippen LogP contribution in [0.25, 0.3) is 0 Å². The molecule has 2 fully saturated rings. The Morgan fingerprint density at radius 3 is 2.79 bits per heavy atom. The standard InChI is InChI=1S/C20H32N4O3.HI/c1-2-21-20(24-8-7-18(25)16-24)22-15-17-5-3-4-6-19(17)27-14-11-23-9-12-26-13-10-23;/h3-6,18,25H,2,7-16H2,1H3,(H,21,22);1H/t18-;/m1./s1. The molecule has 2 heterocycles. The van der Waals surface area contributed by atoms with E-state index >= 15 is 0 Å². The number of ether oxygens (including phenoxy) is 2. The van der Waals surface area contributed by atoms with Crippen molar-refractivity contribution in [3.05, 3.63) is 29.8 Å². The van der Waals surface area contributed by atoms with Crippen LogP contribution in [0.1, 0.15) is 18.9 Å². The number of benzene rings is 1. The first-order valence-electron chi connectivity index (χ1n) is 9.98. The number of guanidine groups is 1. The van der Waals surface area contributed by atoms with Gasteiger partial charge in [0.1, 0.15) is 12.4 Å². The van der Waals surface area contributed by atoms with Crippen molar-refractivity contribution in [2.24, 2.45) is 4.99 Å². The number of aliphatic hydroxyl groups is 1. The number of nitrogens with one attached hydrogen (secondary N) is 1. The molecule has 2 saturated heterocycles. The molecule has 7 nitrogen and oxygen atoms in total. The van der Waals surface area contributed by atoms with Crippen LogP contribution < -0.4 is 10.1 Å². The molecule has 1 atom stereocenters. The first kappa shape index (κ1) is 23.2. The van der Waals surface area contributed by atoms with E-state index in [1.807, 2.05) is 18.2 Å². The van der Waals surface area contributed by atoms with Crippen LogP contribution in [0.5, 0.6) is 5.75 Å². The summed E-state index contributed by atoms with van der Waals surface area (Å²) in [5.41, 5.74) is 1.08. The van der Waals surface area contributed by atoms with Crippen LogP contribution >= 0.6 is 24.0 Å². The highest BCUT2D eigenvalue weighted by molar-refractivity contribution is 14.0. The Balaban J connectivity index is 0.00000280. The first-order chi connectivity index (χ1) is 13.3. The number of rotatable bonds is 7. The Labute approximate surface area is 185 Å². The van der Waals surface area contributed by atoms with Gasteiger partial charge in [0.25, 0.3) is 0 Å². The van der Waals surface area contributed by atoms with Crippen molar-refractivity contribution in [3.63, 3.8) is 0 Å². The fourth-order valence-corrected chi connectivity index (χ4v) is 3.40. The van der Waals surface area contributed by atoms with Gasteiger partial charge < -0.3 is 24.8 Å². The lowest BCUT2D eigenvalue weighted by Gasteiger charge is -2.26. The zero-order valence-electron chi connectivity index (χ0n) is 16.7. The number of hydrogen-bond donors (Lipinski definition) is 2. The molecule has 0 amide bonds. The van der Waals surface area contributed by atoms with Gasteiger partial charge in [-0.25, -0.2) is 4.99 Å². The van der Waals surface area contributed by atoms with Crippen molar-refractivity contribution in [3.8, 4) is 5.75 Å². The summed E-state index contributed by atoms with van der Waals surface area (Å²) in [5, 5.41) is 13.1. The Bertz CT molecular complexity index is 611. The number of aliphatic hydroxyl groups excluding tert-OH is 1. The van der Waals surface area contributed by atoms with E-state index in [1.54, 1.807) is 0 Å². The molecule has 28 heavy (non-hydrogen) atoms. The van der Waals surface area contributed by atoms with E-state index in [-0.39, 0.29) is 30.1 Å². The minimum absolute atomic E-state index is 0. The van der Waals surface area contributed by atoms with E-state index in [0.717, 1.165) is 69.6 Å². The van der Waals surface area contributed by atoms with E-state index in [4.69, 9.17) is 14.5 Å². The minimum Gasteiger partial charge on any atom is -0.492 e. The Morgan fingerprint density at radius 1 is 1.29 bits per heavy atom. The maximum atomic E-state index is 9.79. The summed E-state index contributed by atoms with van der Waals surface area (Å²) in [6.45, 7) is 10.1. The normalized spacial score (nSPS) is 20.7. The number of β-amino-alcohol motifs (C(OH)–C–C–N with tert-alkyl or cyclic N) is 1. The maximum Gasteiger partial charge on any atom is 0.194 e. The van der Waals surface area contributed by atoms with Gasteiger partial charge in [0.15, 0.2) is 5.96 Å². The first-order valence-corrected chi connectivity index (χ1v) is 9.98. The quantitative estimate of drug-likeness (QED) is 0.334. The van der Waals surface area contributed by atoms with Crippen molar-refractivity contribution in [2.45, 2.75) is 26.0 Å². The summed E-state index contributed by atoms with van der Waals surface area (Å²) in [5.74, 6) is 1.75. The third-order valence-corrected chi connectivity index (χ3v) is 4.94. The molecule has 1 aromatic rings. The number of aliphatic imine (C=N–C) groups is 1. The molecule has 8 heteroatoms. The maximum absolute atomic E-state index is 9.79. The molecule has 158 valence electrons. The van der Waals surface area contributed by atoms with Crippen LogP contribution in [0, 0.1) is 0 Å². The van der Waals surface area contributed by atoms with Crippen LogP contribution in [-0.2, 0) is 11.3 Å². The van der Waals surface area contributed by atoms with Gasteiger partial charge in [-0.3, -0.25) is 4.90 Å². The fourth-order valence-electron chi connectivity index (χ4n) is 3.40. The second-order valence-electron chi connectivity index (χ2n) is 6.97. The van der Waals surface area contributed by atoms with Crippen molar-refractivity contribution in [2.75, 3.05) is 59.1 Å². The highest BCUT2D eigenvalue weighted by atomic mass is 127. The number of nitrogens with zero attached hydrogens (tertiary/aromatic N) is 3. The zero-order valence-corrected chi connectivity index (χ0v) is 19.0. The molecule has 2 aliphatic heterocycles. The zero-order chi connectivity index (χ0) is 18.9.